The largest absolute Gasteiger partial charge is 0.491 e. The van der Waals surface area contributed by atoms with Crippen molar-refractivity contribution in [3.63, 3.8) is 0 Å². The second-order valence-corrected chi connectivity index (χ2v) is 20.8. The number of amides is 3. The average molecular weight is 1280 g/mol. The molecule has 28 heteroatoms. The number of carbonyl (C=O) groups is 3. The lowest BCUT2D eigenvalue weighted by atomic mass is 9.81. The van der Waals surface area contributed by atoms with E-state index in [4.69, 9.17) is 31.4 Å². The van der Waals surface area contributed by atoms with Gasteiger partial charge in [-0.2, -0.15) is 0 Å². The molecule has 477 valence electrons. The van der Waals surface area contributed by atoms with Crippen LogP contribution in [0.3, 0.4) is 0 Å². The Labute approximate surface area is 536 Å². The quantitative estimate of drug-likeness (QED) is 0.0551. The standard InChI is InChI=1S/3C22H19F2N5O2.B/c3*1-29-20(30)22(28-21(29)25,15-2-5-17(6-3-15)31-9-8-23)16-4-7-19(24)18(10-16)14-11-26-13-27-12-14;/h3*2-7,10-13H,8-9H2,1H3,(H2,25,28);/t2*22-;;/m10../s1. The predicted octanol–water partition coefficient (Wildman–Crippen LogP) is 7.60. The van der Waals surface area contributed by atoms with Crippen LogP contribution >= 0.6 is 0 Å². The molecule has 3 atom stereocenters. The van der Waals surface area contributed by atoms with Crippen LogP contribution in [0, 0.1) is 17.5 Å². The van der Waals surface area contributed by atoms with Crippen molar-refractivity contribution in [3.8, 4) is 50.6 Å². The van der Waals surface area contributed by atoms with Crippen molar-refractivity contribution in [1.82, 2.24) is 44.6 Å². The van der Waals surface area contributed by atoms with E-state index in [9.17, 15) is 40.7 Å². The first kappa shape index (κ1) is 66.8. The van der Waals surface area contributed by atoms with E-state index in [1.165, 1.54) is 128 Å². The Morgan fingerprint density at radius 3 is 0.798 bits per heavy atom. The van der Waals surface area contributed by atoms with Crippen molar-refractivity contribution in [1.29, 1.82) is 0 Å². The van der Waals surface area contributed by atoms with Crippen LogP contribution in [0.25, 0.3) is 33.4 Å². The summed E-state index contributed by atoms with van der Waals surface area (Å²) in [6.07, 6.45) is 13.0. The number of aliphatic imine (C=N–C) groups is 3. The van der Waals surface area contributed by atoms with Crippen molar-refractivity contribution in [3.05, 3.63) is 234 Å². The molecule has 0 fully saturated rings. The van der Waals surface area contributed by atoms with E-state index >= 15 is 0 Å². The van der Waals surface area contributed by atoms with E-state index in [1.54, 1.807) is 91.0 Å². The number of ether oxygens (including phenoxy) is 3. The smallest absolute Gasteiger partial charge is 0.266 e. The van der Waals surface area contributed by atoms with Gasteiger partial charge in [0.1, 0.15) is 93.5 Å². The predicted molar refractivity (Wildman–Crippen MR) is 337 cm³/mol. The fourth-order valence-electron chi connectivity index (χ4n) is 10.6. The first-order valence-electron chi connectivity index (χ1n) is 28.4. The molecule has 3 amide bonds. The van der Waals surface area contributed by atoms with Gasteiger partial charge in [0.25, 0.3) is 17.7 Å². The number of benzene rings is 6. The monoisotopic (exact) mass is 1280 g/mol. The first-order chi connectivity index (χ1) is 44.9. The van der Waals surface area contributed by atoms with Gasteiger partial charge < -0.3 is 31.4 Å². The molecule has 0 spiro atoms. The lowest BCUT2D eigenvalue weighted by Gasteiger charge is -2.27. The summed E-state index contributed by atoms with van der Waals surface area (Å²) in [4.78, 5) is 80.9. The molecule has 6 N–H and O–H groups in total. The van der Waals surface area contributed by atoms with Crippen LogP contribution in [0.4, 0.5) is 26.3 Å². The normalized spacial score (nSPS) is 18.0. The highest BCUT2D eigenvalue weighted by Gasteiger charge is 2.52. The van der Waals surface area contributed by atoms with Gasteiger partial charge in [0.2, 0.25) is 0 Å². The molecule has 3 radical (unpaired) electrons. The minimum atomic E-state index is -1.50. The molecule has 9 aromatic rings. The van der Waals surface area contributed by atoms with E-state index in [0.29, 0.717) is 67.3 Å². The van der Waals surface area contributed by atoms with Gasteiger partial charge in [-0.1, -0.05) is 54.6 Å². The molecule has 1 unspecified atom stereocenters. The van der Waals surface area contributed by atoms with Gasteiger partial charge in [0.05, 0.1) is 0 Å². The Bertz CT molecular complexity index is 3860. The van der Waals surface area contributed by atoms with Crippen molar-refractivity contribution in [2.24, 2.45) is 32.2 Å². The summed E-state index contributed by atoms with van der Waals surface area (Å²) in [5.74, 6) is -1.14. The highest BCUT2D eigenvalue weighted by molar-refractivity contribution is 6.11. The van der Waals surface area contributed by atoms with Crippen LogP contribution in [-0.2, 0) is 31.0 Å². The zero-order chi connectivity index (χ0) is 66.0. The van der Waals surface area contributed by atoms with Crippen molar-refractivity contribution >= 4 is 44.0 Å². The Morgan fingerprint density at radius 1 is 0.372 bits per heavy atom. The SMILES string of the molecule is CN1C(=O)C(c2ccc(OCCF)cc2)(c2ccc(F)c(-c3cncnc3)c2)N=C1N.CN1C(=O)[C@@](c2ccc(OCCF)cc2)(c2ccc(F)c(-c3cncnc3)c2)N=C1N.CN1C(=O)[C@](c2ccc(OCCF)cc2)(c2ccc(F)c(-c3cncnc3)c2)N=C1N.[B]. The second kappa shape index (κ2) is 28.7. The van der Waals surface area contributed by atoms with E-state index in [1.807, 2.05) is 0 Å². The van der Waals surface area contributed by atoms with Gasteiger partial charge >= 0.3 is 0 Å². The number of alkyl halides is 3. The highest BCUT2D eigenvalue weighted by Crippen LogP contribution is 2.45. The second-order valence-electron chi connectivity index (χ2n) is 20.8. The number of aromatic nitrogens is 6. The molecule has 3 aliphatic heterocycles. The molecule has 3 aliphatic rings. The summed E-state index contributed by atoms with van der Waals surface area (Å²) >= 11 is 0. The number of carbonyl (C=O) groups excluding carboxylic acids is 3. The average Bonchev–Trinajstić information content (AvgIpc) is 1.55. The van der Waals surface area contributed by atoms with Gasteiger partial charge in [-0.05, 0) is 106 Å². The summed E-state index contributed by atoms with van der Waals surface area (Å²) in [5, 5.41) is 0. The molecule has 0 bridgehead atoms. The molecule has 94 heavy (non-hydrogen) atoms. The molecule has 0 saturated heterocycles. The number of rotatable bonds is 18. The number of guanidine groups is 3. The summed E-state index contributed by atoms with van der Waals surface area (Å²) in [5.41, 5.74) is 18.4. The number of hydrogen-bond donors (Lipinski definition) is 3. The van der Waals surface area contributed by atoms with Crippen molar-refractivity contribution in [2.75, 3.05) is 61.0 Å². The molecule has 6 aromatic carbocycles. The third-order valence-corrected chi connectivity index (χ3v) is 15.3. The van der Waals surface area contributed by atoms with Crippen LogP contribution in [0.5, 0.6) is 17.2 Å². The van der Waals surface area contributed by atoms with Gasteiger partial charge in [-0.15, -0.1) is 0 Å². The molecule has 0 saturated carbocycles. The summed E-state index contributed by atoms with van der Waals surface area (Å²) < 4.78 is 96.9. The third-order valence-electron chi connectivity index (χ3n) is 15.3. The highest BCUT2D eigenvalue weighted by atomic mass is 19.1. The number of likely N-dealkylation sites (N-methyl/N-ethyl adjacent to an activating group) is 3. The summed E-state index contributed by atoms with van der Waals surface area (Å²) in [6.45, 7) is -2.06. The molecular weight excluding hydrogens is 1220 g/mol. The molecule has 0 aliphatic carbocycles. The van der Waals surface area contributed by atoms with E-state index in [-0.39, 0.29) is 80.5 Å². The number of halogens is 6. The van der Waals surface area contributed by atoms with Crippen LogP contribution in [0.2, 0.25) is 0 Å². The number of nitrogens with zero attached hydrogens (tertiary/aromatic N) is 12. The molecule has 21 nitrogen and oxygen atoms in total. The Morgan fingerprint density at radius 2 is 0.596 bits per heavy atom. The third kappa shape index (κ3) is 12.9. The molecular formula is C66H57BF6N15O6. The lowest BCUT2D eigenvalue weighted by Crippen LogP contribution is -2.41. The van der Waals surface area contributed by atoms with Gasteiger partial charge in [0, 0.05) is 100 Å². The first-order valence-corrected chi connectivity index (χ1v) is 28.4. The van der Waals surface area contributed by atoms with Gasteiger partial charge in [-0.3, -0.25) is 29.1 Å². The topological polar surface area (TPSA) is 281 Å². The fraction of sp³-hybridized carbons (Fsp3) is 0.182. The maximum Gasteiger partial charge on any atom is 0.266 e. The Hall–Kier alpha value is -11.6. The minimum Gasteiger partial charge on any atom is -0.491 e. The van der Waals surface area contributed by atoms with Crippen molar-refractivity contribution in [2.45, 2.75) is 16.6 Å². The zero-order valence-corrected chi connectivity index (χ0v) is 50.5. The molecule has 12 rings (SSSR count). The molecule has 3 aromatic heterocycles. The van der Waals surface area contributed by atoms with Crippen LogP contribution in [0.15, 0.2) is 199 Å². The Balaban J connectivity index is 0.000000165. The van der Waals surface area contributed by atoms with E-state index in [0.717, 1.165) is 0 Å². The number of hydrogen-bond acceptors (Lipinski definition) is 18. The summed E-state index contributed by atoms with van der Waals surface area (Å²) in [6, 6.07) is 32.7. The van der Waals surface area contributed by atoms with Gasteiger partial charge in [-0.25, -0.2) is 71.2 Å². The fourth-order valence-corrected chi connectivity index (χ4v) is 10.6. The summed E-state index contributed by atoms with van der Waals surface area (Å²) in [7, 11) is 4.57. The maximum atomic E-state index is 14.6. The zero-order valence-electron chi connectivity index (χ0n) is 50.5. The van der Waals surface area contributed by atoms with E-state index < -0.39 is 54.1 Å². The van der Waals surface area contributed by atoms with Crippen LogP contribution < -0.4 is 31.4 Å². The maximum absolute atomic E-state index is 14.6. The minimum absolute atomic E-state index is 0. The lowest BCUT2D eigenvalue weighted by molar-refractivity contribution is -0.130. The van der Waals surface area contributed by atoms with Gasteiger partial charge in [0.15, 0.2) is 34.5 Å². The molecule has 6 heterocycles. The number of nitrogens with two attached hydrogens (primary N) is 3. The van der Waals surface area contributed by atoms with Crippen LogP contribution in [0.1, 0.15) is 33.4 Å². The van der Waals surface area contributed by atoms with Crippen molar-refractivity contribution < 1.29 is 54.9 Å². The van der Waals surface area contributed by atoms with Crippen LogP contribution in [-0.4, -0.2) is 150 Å². The van der Waals surface area contributed by atoms with E-state index in [2.05, 4.69) is 44.9 Å². The Kier molecular flexibility index (Phi) is 20.4.